The molecule has 0 aliphatic carbocycles. The third-order valence-electron chi connectivity index (χ3n) is 4.01. The van der Waals surface area contributed by atoms with E-state index in [1.807, 2.05) is 0 Å². The standard InChI is InChI=1S/C13H18N5O6P/c1-2-3-22-9-6(4-23-25-21)24-12(8(9)19)18-5-15-7-10(18)16-13(14)17-11(7)20/h1,5-10,12,19,21,25H,3-4H2,(H3,14,16,17,20)/t6-,7?,8+,9?,10?,12-/m1/s1. The molecule has 1 fully saturated rings. The molecule has 0 spiro atoms. The van der Waals surface area contributed by atoms with Crippen LogP contribution in [0.25, 0.3) is 0 Å². The monoisotopic (exact) mass is 371 g/mol. The Bertz CT molecular complexity index is 625. The van der Waals surface area contributed by atoms with E-state index in [2.05, 4.69) is 21.2 Å². The first kappa shape index (κ1) is 18.0. The summed E-state index contributed by atoms with van der Waals surface area (Å²) in [5, 5.41) is 13.0. The van der Waals surface area contributed by atoms with Gasteiger partial charge in [-0.25, -0.2) is 4.99 Å². The number of nitrogens with two attached hydrogens (primary N) is 1. The first-order chi connectivity index (χ1) is 12.1. The van der Waals surface area contributed by atoms with Crippen LogP contribution < -0.4 is 11.1 Å². The first-order valence-electron chi connectivity index (χ1n) is 7.41. The van der Waals surface area contributed by atoms with Crippen molar-refractivity contribution in [3.63, 3.8) is 0 Å². The van der Waals surface area contributed by atoms with E-state index in [4.69, 9.17) is 31.0 Å². The molecule has 0 aromatic heterocycles. The Morgan fingerprint density at radius 2 is 2.40 bits per heavy atom. The fraction of sp³-hybridized carbons (Fsp3) is 0.615. The summed E-state index contributed by atoms with van der Waals surface area (Å²) in [7, 11) is -0.727. The number of terminal acetylenes is 1. The van der Waals surface area contributed by atoms with E-state index in [9.17, 15) is 9.90 Å². The second kappa shape index (κ2) is 7.61. The van der Waals surface area contributed by atoms with Gasteiger partial charge in [0.15, 0.2) is 33.4 Å². The van der Waals surface area contributed by atoms with Crippen LogP contribution >= 0.6 is 9.03 Å². The molecule has 7 atom stereocenters. The SMILES string of the molecule is C#CCOC1[C@@H](COPO)O[C@@H](N2C=NC3C(=O)NC(N)=NC32)[C@H]1O. The van der Waals surface area contributed by atoms with Gasteiger partial charge in [0.1, 0.15) is 24.9 Å². The third-order valence-corrected chi connectivity index (χ3v) is 4.31. The molecule has 136 valence electrons. The quantitative estimate of drug-likeness (QED) is 0.287. The number of aliphatic hydroxyl groups excluding tert-OH is 1. The molecule has 11 nitrogen and oxygen atoms in total. The van der Waals surface area contributed by atoms with Crippen LogP contribution in [-0.2, 0) is 18.8 Å². The maximum absolute atomic E-state index is 11.9. The Balaban J connectivity index is 1.77. The normalized spacial score (nSPS) is 37.2. The molecule has 4 unspecified atom stereocenters. The zero-order valence-electron chi connectivity index (χ0n) is 13.0. The van der Waals surface area contributed by atoms with Crippen molar-refractivity contribution in [1.29, 1.82) is 0 Å². The van der Waals surface area contributed by atoms with Gasteiger partial charge in [0.25, 0.3) is 5.91 Å². The number of fused-ring (bicyclic) bond motifs is 1. The molecule has 3 rings (SSSR count). The van der Waals surface area contributed by atoms with Crippen LogP contribution in [0, 0.1) is 12.3 Å². The second-order valence-corrected chi connectivity index (χ2v) is 5.98. The lowest BCUT2D eigenvalue weighted by Gasteiger charge is -2.32. The summed E-state index contributed by atoms with van der Waals surface area (Å²) >= 11 is 0. The van der Waals surface area contributed by atoms with Crippen molar-refractivity contribution >= 4 is 27.2 Å². The number of amides is 1. The smallest absolute Gasteiger partial charge is 0.255 e. The number of nitrogens with zero attached hydrogens (tertiary/aromatic N) is 3. The molecule has 1 amide bonds. The van der Waals surface area contributed by atoms with E-state index in [0.29, 0.717) is 0 Å². The molecule has 0 bridgehead atoms. The lowest BCUT2D eigenvalue weighted by atomic mass is 10.1. The predicted molar refractivity (Wildman–Crippen MR) is 87.4 cm³/mol. The number of guanidine groups is 1. The van der Waals surface area contributed by atoms with E-state index in [1.54, 1.807) is 0 Å². The third kappa shape index (κ3) is 3.46. The average Bonchev–Trinajstić information content (AvgIpc) is 3.12. The van der Waals surface area contributed by atoms with Crippen LogP contribution in [0.3, 0.4) is 0 Å². The zero-order valence-corrected chi connectivity index (χ0v) is 14.0. The molecular formula is C13H18N5O6P. The maximum Gasteiger partial charge on any atom is 0.255 e. The Morgan fingerprint density at radius 3 is 3.12 bits per heavy atom. The summed E-state index contributed by atoms with van der Waals surface area (Å²) in [6.45, 7) is -0.0217. The largest absolute Gasteiger partial charge is 0.386 e. The number of hydrogen-bond acceptors (Lipinski definition) is 10. The maximum atomic E-state index is 11.9. The van der Waals surface area contributed by atoms with E-state index in [0.717, 1.165) is 0 Å². The Kier molecular flexibility index (Phi) is 5.48. The van der Waals surface area contributed by atoms with Crippen LogP contribution in [-0.4, -0.2) is 83.1 Å². The molecule has 0 aromatic carbocycles. The Morgan fingerprint density at radius 1 is 1.60 bits per heavy atom. The first-order valence-corrected chi connectivity index (χ1v) is 8.26. The van der Waals surface area contributed by atoms with Gasteiger partial charge in [-0.1, -0.05) is 5.92 Å². The van der Waals surface area contributed by atoms with E-state index in [1.165, 1.54) is 11.2 Å². The Labute approximate surface area is 145 Å². The number of carbonyl (C=O) groups excluding carboxylic acids is 1. The number of aliphatic hydroxyl groups is 1. The highest BCUT2D eigenvalue weighted by Crippen LogP contribution is 2.31. The van der Waals surface area contributed by atoms with Crippen LogP contribution in [0.2, 0.25) is 0 Å². The summed E-state index contributed by atoms with van der Waals surface area (Å²) in [4.78, 5) is 30.5. The fourth-order valence-corrected chi connectivity index (χ4v) is 3.20. The Hall–Kier alpha value is -1.80. The molecule has 3 aliphatic rings. The van der Waals surface area contributed by atoms with Crippen molar-refractivity contribution in [3.05, 3.63) is 0 Å². The lowest BCUT2D eigenvalue weighted by Crippen LogP contribution is -2.57. The van der Waals surface area contributed by atoms with Crippen LogP contribution in [0.1, 0.15) is 0 Å². The predicted octanol–water partition coefficient (Wildman–Crippen LogP) is -2.91. The van der Waals surface area contributed by atoms with Gasteiger partial charge in [0.05, 0.1) is 12.9 Å². The minimum absolute atomic E-state index is 0.00269. The minimum atomic E-state index is -1.10. The van der Waals surface area contributed by atoms with Gasteiger partial charge in [-0.2, -0.15) is 0 Å². The number of carbonyl (C=O) groups is 1. The highest BCUT2D eigenvalue weighted by atomic mass is 31.1. The van der Waals surface area contributed by atoms with Gasteiger partial charge in [0.2, 0.25) is 0 Å². The van der Waals surface area contributed by atoms with E-state index >= 15 is 0 Å². The van der Waals surface area contributed by atoms with E-state index < -0.39 is 45.8 Å². The number of ether oxygens (including phenoxy) is 2. The van der Waals surface area contributed by atoms with Gasteiger partial charge >= 0.3 is 0 Å². The van der Waals surface area contributed by atoms with Crippen molar-refractivity contribution < 1.29 is 28.8 Å². The van der Waals surface area contributed by atoms with Crippen molar-refractivity contribution in [2.24, 2.45) is 15.7 Å². The molecule has 25 heavy (non-hydrogen) atoms. The van der Waals surface area contributed by atoms with Gasteiger partial charge in [-0.05, 0) is 0 Å². The van der Waals surface area contributed by atoms with E-state index in [-0.39, 0.29) is 25.1 Å². The topological polar surface area (TPSA) is 151 Å². The summed E-state index contributed by atoms with van der Waals surface area (Å²) < 4.78 is 16.2. The molecule has 0 aromatic rings. The highest BCUT2D eigenvalue weighted by molar-refractivity contribution is 7.24. The number of aliphatic imine (C=N–C) groups is 2. The molecule has 12 heteroatoms. The molecule has 3 heterocycles. The summed E-state index contributed by atoms with van der Waals surface area (Å²) in [5.41, 5.74) is 5.60. The molecule has 0 saturated carbocycles. The van der Waals surface area contributed by atoms with Crippen LogP contribution in [0.15, 0.2) is 9.98 Å². The molecular weight excluding hydrogens is 353 g/mol. The number of hydrogen-bond donors (Lipinski definition) is 4. The molecule has 3 aliphatic heterocycles. The summed E-state index contributed by atoms with van der Waals surface area (Å²) in [6.07, 6.45) is 2.43. The molecule has 1 saturated heterocycles. The summed E-state index contributed by atoms with van der Waals surface area (Å²) in [6, 6.07) is -0.776. The lowest BCUT2D eigenvalue weighted by molar-refractivity contribution is -0.124. The fourth-order valence-electron chi connectivity index (χ4n) is 2.96. The summed E-state index contributed by atoms with van der Waals surface area (Å²) in [5.74, 6) is 1.91. The van der Waals surface area contributed by atoms with Crippen molar-refractivity contribution in [2.45, 2.75) is 36.7 Å². The number of rotatable bonds is 6. The van der Waals surface area contributed by atoms with Gasteiger partial charge < -0.3 is 34.6 Å². The zero-order chi connectivity index (χ0) is 18.0. The molecule has 0 radical (unpaired) electrons. The van der Waals surface area contributed by atoms with Crippen molar-refractivity contribution in [2.75, 3.05) is 13.2 Å². The second-order valence-electron chi connectivity index (χ2n) is 5.51. The van der Waals surface area contributed by atoms with Crippen molar-refractivity contribution in [3.8, 4) is 12.3 Å². The van der Waals surface area contributed by atoms with Crippen LogP contribution in [0.5, 0.6) is 0 Å². The molecule has 5 N–H and O–H groups in total. The van der Waals surface area contributed by atoms with Gasteiger partial charge in [-0.15, -0.1) is 6.42 Å². The minimum Gasteiger partial charge on any atom is -0.386 e. The average molecular weight is 371 g/mol. The van der Waals surface area contributed by atoms with Gasteiger partial charge in [0, 0.05) is 0 Å². The van der Waals surface area contributed by atoms with Gasteiger partial charge in [-0.3, -0.25) is 15.1 Å². The highest BCUT2D eigenvalue weighted by Gasteiger charge is 2.52. The number of nitrogens with one attached hydrogen (secondary N) is 1. The van der Waals surface area contributed by atoms with Crippen LogP contribution in [0.4, 0.5) is 0 Å². The van der Waals surface area contributed by atoms with Crippen molar-refractivity contribution in [1.82, 2.24) is 10.2 Å².